The van der Waals surface area contributed by atoms with Gasteiger partial charge < -0.3 is 4.90 Å². The van der Waals surface area contributed by atoms with E-state index in [1.165, 1.54) is 82.0 Å². The zero-order valence-electron chi connectivity index (χ0n) is 16.6. The van der Waals surface area contributed by atoms with Crippen LogP contribution in [0, 0.1) is 5.92 Å². The summed E-state index contributed by atoms with van der Waals surface area (Å²) >= 11 is 0. The fourth-order valence-corrected chi connectivity index (χ4v) is 6.55. The minimum Gasteiger partial charge on any atom is -0.303 e. The van der Waals surface area contributed by atoms with E-state index in [1.807, 2.05) is 6.07 Å². The molecule has 1 aliphatic heterocycles. The quantitative estimate of drug-likeness (QED) is 0.834. The van der Waals surface area contributed by atoms with Crippen LogP contribution in [0.1, 0.15) is 76.4 Å². The predicted octanol–water partition coefficient (Wildman–Crippen LogP) is 4.23. The Kier molecular flexibility index (Phi) is 5.64. The first kappa shape index (κ1) is 19.4. The van der Waals surface area contributed by atoms with Gasteiger partial charge in [-0.1, -0.05) is 43.5 Å². The second kappa shape index (κ2) is 7.84. The number of hydrogen-bond acceptors (Lipinski definition) is 3. The van der Waals surface area contributed by atoms with Crippen LogP contribution in [0.5, 0.6) is 0 Å². The monoisotopic (exact) mass is 392 g/mol. The van der Waals surface area contributed by atoms with Crippen LogP contribution >= 0.6 is 0 Å². The van der Waals surface area contributed by atoms with E-state index in [0.717, 1.165) is 18.8 Å². The highest BCUT2D eigenvalue weighted by atomic mass is 32.2. The molecule has 1 N–H and O–H groups in total. The van der Waals surface area contributed by atoms with Crippen LogP contribution in [0.25, 0.3) is 0 Å². The largest absolute Gasteiger partial charge is 0.303 e. The average molecular weight is 393 g/mol. The summed E-state index contributed by atoms with van der Waals surface area (Å²) in [6, 6.07) is 8.49. The van der Waals surface area contributed by atoms with Crippen LogP contribution in [-0.2, 0) is 15.4 Å². The SMILES string of the molecule is CS(=O)(=O)N[C@H]1CCC2(CCN(CC3CCCCC3)CC2)c2ccccc21.[HH]. The third-order valence-corrected chi connectivity index (χ3v) is 7.94. The molecule has 2 aliphatic carbocycles. The lowest BCUT2D eigenvalue weighted by Gasteiger charge is -2.47. The standard InChI is InChI=1S/C22H34N2O2S.H2/c1-27(25,26)23-21-11-12-22(20-10-6-5-9-19(20)21)13-15-24(16-14-22)17-18-7-3-2-4-8-18;/h5-6,9-10,18,21,23H,2-4,7-8,11-17H2,1H3;1H/t21-;/m0./s1. The number of nitrogens with zero attached hydrogens (tertiary/aromatic N) is 1. The fourth-order valence-electron chi connectivity index (χ4n) is 5.79. The van der Waals surface area contributed by atoms with Gasteiger partial charge in [-0.25, -0.2) is 13.1 Å². The van der Waals surface area contributed by atoms with Gasteiger partial charge in [0.05, 0.1) is 6.26 Å². The fraction of sp³-hybridized carbons (Fsp3) is 0.727. The van der Waals surface area contributed by atoms with Crippen molar-refractivity contribution in [2.75, 3.05) is 25.9 Å². The van der Waals surface area contributed by atoms with Crippen molar-refractivity contribution >= 4 is 10.0 Å². The number of fused-ring (bicyclic) bond motifs is 2. The second-order valence-electron chi connectivity index (χ2n) is 9.15. The zero-order valence-corrected chi connectivity index (χ0v) is 17.4. The van der Waals surface area contributed by atoms with Crippen molar-refractivity contribution in [3.8, 4) is 0 Å². The summed E-state index contributed by atoms with van der Waals surface area (Å²) in [5, 5.41) is 0. The Balaban J connectivity index is 0.00000225. The lowest BCUT2D eigenvalue weighted by molar-refractivity contribution is 0.116. The maximum absolute atomic E-state index is 11.8. The molecule has 4 rings (SSSR count). The number of benzene rings is 1. The summed E-state index contributed by atoms with van der Waals surface area (Å²) in [6.45, 7) is 3.67. The van der Waals surface area contributed by atoms with Crippen molar-refractivity contribution in [2.24, 2.45) is 5.92 Å². The molecule has 1 saturated heterocycles. The summed E-state index contributed by atoms with van der Waals surface area (Å²) in [5.74, 6) is 0.912. The molecule has 1 aromatic carbocycles. The minimum absolute atomic E-state index is 0. The maximum atomic E-state index is 11.8. The first-order valence-electron chi connectivity index (χ1n) is 10.7. The molecule has 1 heterocycles. The summed E-state index contributed by atoms with van der Waals surface area (Å²) < 4.78 is 26.4. The molecular weight excluding hydrogens is 356 g/mol. The van der Waals surface area contributed by atoms with Gasteiger partial charge >= 0.3 is 0 Å². The van der Waals surface area contributed by atoms with Crippen LogP contribution in [0.4, 0.5) is 0 Å². The van der Waals surface area contributed by atoms with E-state index in [2.05, 4.69) is 27.8 Å². The van der Waals surface area contributed by atoms with Crippen molar-refractivity contribution in [1.82, 2.24) is 9.62 Å². The summed E-state index contributed by atoms with van der Waals surface area (Å²) in [6.07, 6.45) is 12.8. The van der Waals surface area contributed by atoms with Crippen molar-refractivity contribution in [3.63, 3.8) is 0 Å². The van der Waals surface area contributed by atoms with Gasteiger partial charge in [0.25, 0.3) is 0 Å². The molecule has 27 heavy (non-hydrogen) atoms. The molecule has 152 valence electrons. The maximum Gasteiger partial charge on any atom is 0.209 e. The van der Waals surface area contributed by atoms with Crippen molar-refractivity contribution in [3.05, 3.63) is 35.4 Å². The van der Waals surface area contributed by atoms with E-state index in [1.54, 1.807) is 0 Å². The highest BCUT2D eigenvalue weighted by molar-refractivity contribution is 7.88. The number of piperidine rings is 1. The van der Waals surface area contributed by atoms with Crippen LogP contribution in [0.2, 0.25) is 0 Å². The van der Waals surface area contributed by atoms with Gasteiger partial charge in [-0.05, 0) is 74.1 Å². The molecule has 4 nitrogen and oxygen atoms in total. The number of likely N-dealkylation sites (tertiary alicyclic amines) is 1. The lowest BCUT2D eigenvalue weighted by Crippen LogP contribution is -2.47. The van der Waals surface area contributed by atoms with Crippen LogP contribution in [-0.4, -0.2) is 39.2 Å². The Morgan fingerprint density at radius 3 is 2.48 bits per heavy atom. The van der Waals surface area contributed by atoms with E-state index in [0.29, 0.717) is 0 Å². The lowest BCUT2D eigenvalue weighted by atomic mass is 9.63. The Morgan fingerprint density at radius 1 is 1.07 bits per heavy atom. The van der Waals surface area contributed by atoms with Crippen molar-refractivity contribution < 1.29 is 9.84 Å². The smallest absolute Gasteiger partial charge is 0.209 e. The summed E-state index contributed by atoms with van der Waals surface area (Å²) in [5.41, 5.74) is 2.85. The molecule has 3 aliphatic rings. The van der Waals surface area contributed by atoms with Crippen LogP contribution < -0.4 is 4.72 Å². The molecule has 0 unspecified atom stereocenters. The van der Waals surface area contributed by atoms with Gasteiger partial charge in [0.1, 0.15) is 0 Å². The highest BCUT2D eigenvalue weighted by Gasteiger charge is 2.42. The average Bonchev–Trinajstić information content (AvgIpc) is 2.66. The van der Waals surface area contributed by atoms with Crippen LogP contribution in [0.15, 0.2) is 24.3 Å². The van der Waals surface area contributed by atoms with Gasteiger partial charge in [0.2, 0.25) is 10.0 Å². The molecule has 5 heteroatoms. The third kappa shape index (κ3) is 4.41. The molecule has 0 aromatic heterocycles. The zero-order chi connectivity index (χ0) is 18.9. The third-order valence-electron chi connectivity index (χ3n) is 7.23. The molecule has 1 atom stereocenters. The topological polar surface area (TPSA) is 49.4 Å². The highest BCUT2D eigenvalue weighted by Crippen LogP contribution is 2.48. The van der Waals surface area contributed by atoms with Gasteiger partial charge in [-0.3, -0.25) is 0 Å². The number of rotatable bonds is 4. The Morgan fingerprint density at radius 2 is 1.78 bits per heavy atom. The molecular formula is C22H36N2O2S. The second-order valence-corrected chi connectivity index (χ2v) is 10.9. The molecule has 1 aromatic rings. The Bertz CT molecular complexity index is 754. The van der Waals surface area contributed by atoms with Crippen molar-refractivity contribution in [1.29, 1.82) is 0 Å². The van der Waals surface area contributed by atoms with E-state index < -0.39 is 10.0 Å². The van der Waals surface area contributed by atoms with E-state index >= 15 is 0 Å². The predicted molar refractivity (Wildman–Crippen MR) is 112 cm³/mol. The van der Waals surface area contributed by atoms with E-state index in [4.69, 9.17) is 0 Å². The molecule has 1 spiro atoms. The van der Waals surface area contributed by atoms with Gasteiger partial charge in [-0.2, -0.15) is 0 Å². The van der Waals surface area contributed by atoms with Crippen molar-refractivity contribution in [2.45, 2.75) is 69.2 Å². The number of hydrogen-bond donors (Lipinski definition) is 1. The summed E-state index contributed by atoms with van der Waals surface area (Å²) in [7, 11) is -3.19. The normalized spacial score (nSPS) is 26.8. The van der Waals surface area contributed by atoms with E-state index in [-0.39, 0.29) is 12.9 Å². The Hall–Kier alpha value is -0.910. The molecule has 0 amide bonds. The molecule has 0 radical (unpaired) electrons. The summed E-state index contributed by atoms with van der Waals surface area (Å²) in [4.78, 5) is 2.70. The minimum atomic E-state index is -3.19. The molecule has 0 bridgehead atoms. The molecule has 1 saturated carbocycles. The Labute approximate surface area is 166 Å². The number of sulfonamides is 1. The number of nitrogens with one attached hydrogen (secondary N) is 1. The van der Waals surface area contributed by atoms with E-state index in [9.17, 15) is 8.42 Å². The van der Waals surface area contributed by atoms with Crippen LogP contribution in [0.3, 0.4) is 0 Å². The van der Waals surface area contributed by atoms with Gasteiger partial charge in [0.15, 0.2) is 0 Å². The van der Waals surface area contributed by atoms with Gasteiger partial charge in [-0.15, -0.1) is 0 Å². The van der Waals surface area contributed by atoms with Gasteiger partial charge in [0, 0.05) is 14.0 Å². The first-order valence-corrected chi connectivity index (χ1v) is 12.6. The first-order chi connectivity index (χ1) is 13.0. The molecule has 2 fully saturated rings.